The van der Waals surface area contributed by atoms with Crippen LogP contribution in [0.3, 0.4) is 0 Å². The van der Waals surface area contributed by atoms with Crippen molar-refractivity contribution in [3.05, 3.63) is 0 Å². The van der Waals surface area contributed by atoms with Gasteiger partial charge < -0.3 is 33.8 Å². The third kappa shape index (κ3) is 65.1. The molecule has 0 aliphatic rings. The molecule has 0 amide bonds. The summed E-state index contributed by atoms with van der Waals surface area (Å²) >= 11 is 0. The first-order valence-corrected chi connectivity index (χ1v) is 40.2. The minimum Gasteiger partial charge on any atom is -0.462 e. The van der Waals surface area contributed by atoms with E-state index in [9.17, 15) is 43.2 Å². The van der Waals surface area contributed by atoms with Gasteiger partial charge >= 0.3 is 39.5 Å². The molecule has 0 spiro atoms. The van der Waals surface area contributed by atoms with Gasteiger partial charge in [-0.15, -0.1) is 0 Å². The SMILES string of the molecule is CCC(C)CCCCCCCCCCCCC(=O)O[C@H](COC(=O)CCCCCCCCCCCCCCCC(C)C)COP(=O)(O)OC[C@@H](O)COP(=O)(O)OC[C@@H](COC(=O)CCCCCCCCC(C)C)OC(=O)CCCCCCCCCCCC(C)C. The van der Waals surface area contributed by atoms with E-state index in [0.29, 0.717) is 31.6 Å². The van der Waals surface area contributed by atoms with Gasteiger partial charge in [0.1, 0.15) is 19.3 Å². The molecule has 91 heavy (non-hydrogen) atoms. The van der Waals surface area contributed by atoms with Crippen LogP contribution in [0.4, 0.5) is 0 Å². The van der Waals surface area contributed by atoms with Gasteiger partial charge in [-0.1, -0.05) is 306 Å². The molecule has 0 aliphatic heterocycles. The number of esters is 4. The molecule has 0 fully saturated rings. The summed E-state index contributed by atoms with van der Waals surface area (Å²) in [7, 11) is -9.91. The standard InChI is InChI=1S/C72H140O17P2/c1-9-65(8)51-43-35-26-20-15-16-22-28-38-46-54-71(76)88-67(58-82-69(74)52-44-36-27-21-14-12-10-11-13-18-24-32-40-48-62(2)3)60-86-90(78,79)84-56-66(73)57-85-91(80,81)87-61-68(59-83-70(75)53-45-37-31-30-34-42-50-64(6)7)89-72(77)55-47-39-29-23-17-19-25-33-41-49-63(4)5/h62-68,73H,9-61H2,1-8H3,(H,78,79)(H,80,81)/t65?,66-,67-,68-/m1/s1. The highest BCUT2D eigenvalue weighted by Gasteiger charge is 2.30. The molecule has 0 aromatic heterocycles. The highest BCUT2D eigenvalue weighted by atomic mass is 31.2. The lowest BCUT2D eigenvalue weighted by Crippen LogP contribution is -2.30. The molecule has 0 aromatic carbocycles. The summed E-state index contributed by atoms with van der Waals surface area (Å²) in [5.74, 6) is 0.882. The minimum atomic E-state index is -4.95. The Morgan fingerprint density at radius 2 is 0.527 bits per heavy atom. The number of carbonyl (C=O) groups is 4. The number of aliphatic hydroxyl groups is 1. The topological polar surface area (TPSA) is 237 Å². The van der Waals surface area contributed by atoms with Crippen molar-refractivity contribution in [1.29, 1.82) is 0 Å². The number of unbranched alkanes of at least 4 members (excludes halogenated alkanes) is 34. The van der Waals surface area contributed by atoms with E-state index in [1.54, 1.807) is 0 Å². The van der Waals surface area contributed by atoms with Gasteiger partial charge in [-0.3, -0.25) is 37.3 Å². The number of carbonyl (C=O) groups excluding carboxylic acids is 4. The Bertz CT molecular complexity index is 1800. The van der Waals surface area contributed by atoms with Crippen molar-refractivity contribution in [2.45, 2.75) is 375 Å². The van der Waals surface area contributed by atoms with E-state index >= 15 is 0 Å². The van der Waals surface area contributed by atoms with Crippen molar-refractivity contribution in [3.63, 3.8) is 0 Å². The molecule has 0 radical (unpaired) electrons. The number of phosphoric ester groups is 2. The average Bonchev–Trinajstić information content (AvgIpc) is 3.66. The lowest BCUT2D eigenvalue weighted by atomic mass is 9.99. The van der Waals surface area contributed by atoms with E-state index in [1.165, 1.54) is 154 Å². The Kier molecular flexibility index (Phi) is 60.3. The Labute approximate surface area is 556 Å². The monoisotopic (exact) mass is 1340 g/mol. The maximum absolute atomic E-state index is 13.0. The van der Waals surface area contributed by atoms with Crippen LogP contribution in [0, 0.1) is 23.7 Å². The van der Waals surface area contributed by atoms with Gasteiger partial charge in [-0.05, 0) is 49.4 Å². The van der Waals surface area contributed by atoms with Crippen molar-refractivity contribution >= 4 is 39.5 Å². The number of hydrogen-bond acceptors (Lipinski definition) is 15. The first-order chi connectivity index (χ1) is 43.6. The third-order valence-electron chi connectivity index (χ3n) is 16.9. The smallest absolute Gasteiger partial charge is 0.462 e. The zero-order valence-electron chi connectivity index (χ0n) is 59.5. The summed E-state index contributed by atoms with van der Waals surface area (Å²) in [6.07, 6.45) is 44.5. The predicted molar refractivity (Wildman–Crippen MR) is 367 cm³/mol. The summed E-state index contributed by atoms with van der Waals surface area (Å²) in [6.45, 7) is 14.1. The molecule has 17 nitrogen and oxygen atoms in total. The summed E-state index contributed by atoms with van der Waals surface area (Å²) in [5, 5.41) is 10.6. The summed E-state index contributed by atoms with van der Waals surface area (Å²) < 4.78 is 68.3. The molecule has 3 unspecified atom stereocenters. The van der Waals surface area contributed by atoms with Crippen LogP contribution in [-0.2, 0) is 65.4 Å². The second-order valence-corrected chi connectivity index (χ2v) is 30.6. The molecule has 0 saturated carbocycles. The molecule has 540 valence electrons. The van der Waals surface area contributed by atoms with Crippen molar-refractivity contribution < 1.29 is 80.2 Å². The molecule has 0 aliphatic carbocycles. The fourth-order valence-corrected chi connectivity index (χ4v) is 12.4. The van der Waals surface area contributed by atoms with Gasteiger partial charge in [-0.2, -0.15) is 0 Å². The van der Waals surface area contributed by atoms with E-state index in [0.717, 1.165) is 114 Å². The number of aliphatic hydroxyl groups excluding tert-OH is 1. The van der Waals surface area contributed by atoms with Gasteiger partial charge in [-0.25, -0.2) is 9.13 Å². The number of phosphoric acid groups is 2. The van der Waals surface area contributed by atoms with Crippen LogP contribution in [-0.4, -0.2) is 96.7 Å². The van der Waals surface area contributed by atoms with Crippen molar-refractivity contribution in [1.82, 2.24) is 0 Å². The summed E-state index contributed by atoms with van der Waals surface area (Å²) in [4.78, 5) is 72.6. The first kappa shape index (κ1) is 89.1. The lowest BCUT2D eigenvalue weighted by molar-refractivity contribution is -0.161. The van der Waals surface area contributed by atoms with E-state index in [2.05, 4.69) is 55.4 Å². The van der Waals surface area contributed by atoms with Crippen molar-refractivity contribution in [3.8, 4) is 0 Å². The maximum Gasteiger partial charge on any atom is 0.472 e. The molecular formula is C72H140O17P2. The molecular weight excluding hydrogens is 1200 g/mol. The fourth-order valence-electron chi connectivity index (χ4n) is 10.8. The largest absolute Gasteiger partial charge is 0.472 e. The number of hydrogen-bond donors (Lipinski definition) is 3. The molecule has 19 heteroatoms. The number of ether oxygens (including phenoxy) is 4. The van der Waals surface area contributed by atoms with Gasteiger partial charge in [0.05, 0.1) is 26.4 Å². The Morgan fingerprint density at radius 1 is 0.308 bits per heavy atom. The molecule has 6 atom stereocenters. The van der Waals surface area contributed by atoms with Crippen molar-refractivity contribution in [2.75, 3.05) is 39.6 Å². The second kappa shape index (κ2) is 61.6. The minimum absolute atomic E-state index is 0.104. The van der Waals surface area contributed by atoms with Gasteiger partial charge in [0.25, 0.3) is 0 Å². The first-order valence-electron chi connectivity index (χ1n) is 37.2. The Balaban J connectivity index is 5.25. The summed E-state index contributed by atoms with van der Waals surface area (Å²) in [5.41, 5.74) is 0. The quantitative estimate of drug-likeness (QED) is 0.0222. The molecule has 0 aromatic rings. The fraction of sp³-hybridized carbons (Fsp3) is 0.944. The normalized spacial score (nSPS) is 14.5. The second-order valence-electron chi connectivity index (χ2n) is 27.6. The molecule has 3 N–H and O–H groups in total. The third-order valence-corrected chi connectivity index (χ3v) is 18.8. The predicted octanol–water partition coefficient (Wildman–Crippen LogP) is 20.5. The molecule has 0 rings (SSSR count). The Hall–Kier alpha value is -1.94. The number of rotatable bonds is 69. The lowest BCUT2D eigenvalue weighted by Gasteiger charge is -2.21. The van der Waals surface area contributed by atoms with Gasteiger partial charge in [0.2, 0.25) is 0 Å². The highest BCUT2D eigenvalue weighted by Crippen LogP contribution is 2.45. The van der Waals surface area contributed by atoms with Crippen LogP contribution in [0.2, 0.25) is 0 Å². The highest BCUT2D eigenvalue weighted by molar-refractivity contribution is 7.47. The van der Waals surface area contributed by atoms with Crippen LogP contribution in [0.1, 0.15) is 357 Å². The van der Waals surface area contributed by atoms with E-state index in [-0.39, 0.29) is 25.7 Å². The molecule has 0 bridgehead atoms. The van der Waals surface area contributed by atoms with Crippen LogP contribution in [0.15, 0.2) is 0 Å². The zero-order valence-corrected chi connectivity index (χ0v) is 61.3. The zero-order chi connectivity index (χ0) is 67.5. The van der Waals surface area contributed by atoms with E-state index < -0.39 is 97.5 Å². The van der Waals surface area contributed by atoms with Crippen molar-refractivity contribution in [2.24, 2.45) is 23.7 Å². The van der Waals surface area contributed by atoms with Gasteiger partial charge in [0, 0.05) is 25.7 Å². The summed E-state index contributed by atoms with van der Waals surface area (Å²) in [6, 6.07) is 0. The Morgan fingerprint density at radius 3 is 0.780 bits per heavy atom. The van der Waals surface area contributed by atoms with Crippen LogP contribution >= 0.6 is 15.6 Å². The van der Waals surface area contributed by atoms with E-state index in [1.807, 2.05) is 0 Å². The van der Waals surface area contributed by atoms with Crippen LogP contribution < -0.4 is 0 Å². The average molecular weight is 1340 g/mol. The maximum atomic E-state index is 13.0. The molecule has 0 saturated heterocycles. The van der Waals surface area contributed by atoms with Crippen LogP contribution in [0.25, 0.3) is 0 Å². The van der Waals surface area contributed by atoms with Gasteiger partial charge in [0.15, 0.2) is 12.2 Å². The van der Waals surface area contributed by atoms with Crippen LogP contribution in [0.5, 0.6) is 0 Å². The van der Waals surface area contributed by atoms with E-state index in [4.69, 9.17) is 37.0 Å². The molecule has 0 heterocycles.